The Balaban J connectivity index is 1.65. The molecule has 4 rings (SSSR count). The first-order valence-corrected chi connectivity index (χ1v) is 10.9. The molecule has 0 spiro atoms. The Morgan fingerprint density at radius 1 is 1.04 bits per heavy atom. The summed E-state index contributed by atoms with van der Waals surface area (Å²) in [5.74, 6) is -0.0823. The fourth-order valence-corrected chi connectivity index (χ4v) is 5.59. The Bertz CT molecular complexity index is 971. The standard InChI is InChI=1S/C21H24N2O3S/c1-16-7-4-5-13-22(16)21(24)18-9-6-10-19(15-18)27(25,26)23-14-12-17-8-2-3-11-20(17)23/h2-3,6,8-11,15-16H,4-5,7,12-14H2,1H3. The molecule has 0 bridgehead atoms. The van der Waals surface area contributed by atoms with Gasteiger partial charge in [0.15, 0.2) is 0 Å². The van der Waals surface area contributed by atoms with Crippen LogP contribution in [0.4, 0.5) is 5.69 Å². The molecule has 1 fully saturated rings. The third kappa shape index (κ3) is 3.23. The number of fused-ring (bicyclic) bond motifs is 1. The van der Waals surface area contributed by atoms with E-state index in [1.54, 1.807) is 18.2 Å². The lowest BCUT2D eigenvalue weighted by Gasteiger charge is -2.33. The van der Waals surface area contributed by atoms with Gasteiger partial charge in [-0.15, -0.1) is 0 Å². The van der Waals surface area contributed by atoms with Crippen molar-refractivity contribution in [2.75, 3.05) is 17.4 Å². The van der Waals surface area contributed by atoms with Gasteiger partial charge in [0, 0.05) is 24.7 Å². The van der Waals surface area contributed by atoms with Crippen LogP contribution in [0.25, 0.3) is 0 Å². The van der Waals surface area contributed by atoms with Crippen LogP contribution in [0.5, 0.6) is 0 Å². The van der Waals surface area contributed by atoms with Crippen LogP contribution in [0.1, 0.15) is 42.1 Å². The zero-order chi connectivity index (χ0) is 19.0. The predicted octanol–water partition coefficient (Wildman–Crippen LogP) is 3.45. The minimum absolute atomic E-state index is 0.0823. The van der Waals surface area contributed by atoms with Gasteiger partial charge in [-0.25, -0.2) is 8.42 Å². The van der Waals surface area contributed by atoms with Gasteiger partial charge < -0.3 is 4.90 Å². The van der Waals surface area contributed by atoms with Gasteiger partial charge in [-0.2, -0.15) is 0 Å². The van der Waals surface area contributed by atoms with Crippen LogP contribution < -0.4 is 4.31 Å². The molecule has 6 heteroatoms. The number of rotatable bonds is 3. The summed E-state index contributed by atoms with van der Waals surface area (Å²) in [5.41, 5.74) is 2.21. The summed E-state index contributed by atoms with van der Waals surface area (Å²) >= 11 is 0. The van der Waals surface area contributed by atoms with Crippen LogP contribution >= 0.6 is 0 Å². The fourth-order valence-electron chi connectivity index (χ4n) is 4.04. The van der Waals surface area contributed by atoms with Crippen LogP contribution in [0, 0.1) is 0 Å². The highest BCUT2D eigenvalue weighted by Crippen LogP contribution is 2.33. The second kappa shape index (κ2) is 7.00. The Morgan fingerprint density at radius 3 is 2.67 bits per heavy atom. The summed E-state index contributed by atoms with van der Waals surface area (Å²) in [6.45, 7) is 3.22. The molecule has 0 aromatic heterocycles. The summed E-state index contributed by atoms with van der Waals surface area (Å²) in [5, 5.41) is 0. The van der Waals surface area contributed by atoms with Crippen molar-refractivity contribution in [3.8, 4) is 0 Å². The lowest BCUT2D eigenvalue weighted by molar-refractivity contribution is 0.0635. The normalized spacial score (nSPS) is 19.8. The first-order valence-electron chi connectivity index (χ1n) is 9.50. The maximum atomic E-state index is 13.2. The zero-order valence-electron chi connectivity index (χ0n) is 15.5. The zero-order valence-corrected chi connectivity index (χ0v) is 16.3. The molecule has 27 heavy (non-hydrogen) atoms. The lowest BCUT2D eigenvalue weighted by atomic mass is 10.0. The van der Waals surface area contributed by atoms with E-state index in [9.17, 15) is 13.2 Å². The molecule has 142 valence electrons. The number of hydrogen-bond acceptors (Lipinski definition) is 3. The number of carbonyl (C=O) groups is 1. The van der Waals surface area contributed by atoms with Crippen molar-refractivity contribution in [1.29, 1.82) is 0 Å². The van der Waals surface area contributed by atoms with E-state index in [4.69, 9.17) is 0 Å². The molecule has 0 saturated carbocycles. The molecule has 2 heterocycles. The van der Waals surface area contributed by atoms with Gasteiger partial charge in [-0.05, 0) is 62.4 Å². The van der Waals surface area contributed by atoms with E-state index in [0.29, 0.717) is 18.5 Å². The maximum Gasteiger partial charge on any atom is 0.264 e. The van der Waals surface area contributed by atoms with E-state index < -0.39 is 10.0 Å². The van der Waals surface area contributed by atoms with Gasteiger partial charge in [-0.3, -0.25) is 9.10 Å². The quantitative estimate of drug-likeness (QED) is 0.814. The SMILES string of the molecule is CC1CCCCN1C(=O)c1cccc(S(=O)(=O)N2CCc3ccccc32)c1. The van der Waals surface area contributed by atoms with Gasteiger partial charge in [0.1, 0.15) is 0 Å². The van der Waals surface area contributed by atoms with E-state index in [2.05, 4.69) is 6.92 Å². The number of carbonyl (C=O) groups excluding carboxylic acids is 1. The van der Waals surface area contributed by atoms with Crippen LogP contribution in [0.3, 0.4) is 0 Å². The number of sulfonamides is 1. The molecule has 1 unspecified atom stereocenters. The summed E-state index contributed by atoms with van der Waals surface area (Å²) in [6, 6.07) is 14.2. The van der Waals surface area contributed by atoms with Crippen molar-refractivity contribution < 1.29 is 13.2 Å². The second-order valence-electron chi connectivity index (χ2n) is 7.33. The average Bonchev–Trinajstić information content (AvgIpc) is 3.13. The number of para-hydroxylation sites is 1. The van der Waals surface area contributed by atoms with Gasteiger partial charge in [0.25, 0.3) is 15.9 Å². The smallest absolute Gasteiger partial charge is 0.264 e. The molecule has 2 aromatic carbocycles. The Morgan fingerprint density at radius 2 is 1.85 bits per heavy atom. The van der Waals surface area contributed by atoms with Gasteiger partial charge in [0.05, 0.1) is 10.6 Å². The summed E-state index contributed by atoms with van der Waals surface area (Å²) in [7, 11) is -3.69. The molecule has 2 aromatic rings. The Kier molecular flexibility index (Phi) is 4.68. The van der Waals surface area contributed by atoms with E-state index >= 15 is 0 Å². The molecule has 2 aliphatic rings. The highest BCUT2D eigenvalue weighted by atomic mass is 32.2. The molecule has 1 atom stereocenters. The van der Waals surface area contributed by atoms with Gasteiger partial charge >= 0.3 is 0 Å². The van der Waals surface area contributed by atoms with E-state index in [0.717, 1.165) is 37.1 Å². The van der Waals surface area contributed by atoms with Crippen LogP contribution in [0.2, 0.25) is 0 Å². The van der Waals surface area contributed by atoms with Crippen molar-refractivity contribution in [2.24, 2.45) is 0 Å². The number of anilines is 1. The van der Waals surface area contributed by atoms with Crippen molar-refractivity contribution in [3.05, 3.63) is 59.7 Å². The highest BCUT2D eigenvalue weighted by Gasteiger charge is 2.31. The summed E-state index contributed by atoms with van der Waals surface area (Å²) in [4.78, 5) is 15.0. The van der Waals surface area contributed by atoms with Crippen LogP contribution in [-0.2, 0) is 16.4 Å². The monoisotopic (exact) mass is 384 g/mol. The van der Waals surface area contributed by atoms with Crippen molar-refractivity contribution in [1.82, 2.24) is 4.90 Å². The number of piperidine rings is 1. The van der Waals surface area contributed by atoms with E-state index in [-0.39, 0.29) is 16.8 Å². The summed E-state index contributed by atoms with van der Waals surface area (Å²) in [6.07, 6.45) is 3.83. The number of amides is 1. The Labute approximate surface area is 160 Å². The molecule has 0 N–H and O–H groups in total. The number of nitrogens with zero attached hydrogens (tertiary/aromatic N) is 2. The predicted molar refractivity (Wildman–Crippen MR) is 105 cm³/mol. The first-order chi connectivity index (χ1) is 13.0. The minimum atomic E-state index is -3.69. The third-order valence-electron chi connectivity index (χ3n) is 5.58. The highest BCUT2D eigenvalue weighted by molar-refractivity contribution is 7.92. The molecule has 0 aliphatic carbocycles. The molecular formula is C21H24N2O3S. The summed E-state index contributed by atoms with van der Waals surface area (Å²) < 4.78 is 27.9. The van der Waals surface area contributed by atoms with Gasteiger partial charge in [0.2, 0.25) is 0 Å². The Hall–Kier alpha value is -2.34. The molecule has 0 radical (unpaired) electrons. The van der Waals surface area contributed by atoms with Crippen LogP contribution in [-0.4, -0.2) is 38.4 Å². The minimum Gasteiger partial charge on any atom is -0.336 e. The number of benzene rings is 2. The number of hydrogen-bond donors (Lipinski definition) is 0. The van der Waals surface area contributed by atoms with E-state index in [1.165, 1.54) is 10.4 Å². The first kappa shape index (κ1) is 18.0. The van der Waals surface area contributed by atoms with Crippen molar-refractivity contribution >= 4 is 21.6 Å². The molecule has 1 amide bonds. The third-order valence-corrected chi connectivity index (χ3v) is 7.39. The topological polar surface area (TPSA) is 57.7 Å². The van der Waals surface area contributed by atoms with E-state index in [1.807, 2.05) is 29.2 Å². The lowest BCUT2D eigenvalue weighted by Crippen LogP contribution is -2.42. The maximum absolute atomic E-state index is 13.2. The second-order valence-corrected chi connectivity index (χ2v) is 9.19. The number of likely N-dealkylation sites (tertiary alicyclic amines) is 1. The molecule has 5 nitrogen and oxygen atoms in total. The molecule has 1 saturated heterocycles. The fraction of sp³-hybridized carbons (Fsp3) is 0.381. The average molecular weight is 385 g/mol. The van der Waals surface area contributed by atoms with Crippen molar-refractivity contribution in [2.45, 2.75) is 43.5 Å². The molecular weight excluding hydrogens is 360 g/mol. The largest absolute Gasteiger partial charge is 0.336 e. The molecule has 2 aliphatic heterocycles. The van der Waals surface area contributed by atoms with Crippen LogP contribution in [0.15, 0.2) is 53.4 Å². The van der Waals surface area contributed by atoms with Gasteiger partial charge in [-0.1, -0.05) is 24.3 Å². The van der Waals surface area contributed by atoms with Crippen molar-refractivity contribution in [3.63, 3.8) is 0 Å².